The van der Waals surface area contributed by atoms with Crippen LogP contribution in [0.25, 0.3) is 0 Å². The smallest absolute Gasteiger partial charge is 0.0644 e. The lowest BCUT2D eigenvalue weighted by molar-refractivity contribution is 0.209. The van der Waals surface area contributed by atoms with Crippen molar-refractivity contribution in [2.45, 2.75) is 59.2 Å². The van der Waals surface area contributed by atoms with Gasteiger partial charge in [-0.3, -0.25) is 4.68 Å². The van der Waals surface area contributed by atoms with Gasteiger partial charge in [0.05, 0.1) is 18.8 Å². The molecule has 0 spiro atoms. The number of hydrogen-bond acceptors (Lipinski definition) is 4. The monoisotopic (exact) mass is 294 g/mol. The van der Waals surface area contributed by atoms with Crippen molar-refractivity contribution in [2.24, 2.45) is 0 Å². The molecule has 0 saturated carbocycles. The molecule has 1 aliphatic rings. The lowest BCUT2D eigenvalue weighted by Gasteiger charge is -2.29. The van der Waals surface area contributed by atoms with Gasteiger partial charge in [-0.2, -0.15) is 5.10 Å². The largest absolute Gasteiger partial charge is 0.394 e. The van der Waals surface area contributed by atoms with Gasteiger partial charge in [-0.15, -0.1) is 0 Å². The van der Waals surface area contributed by atoms with E-state index in [2.05, 4.69) is 29.2 Å². The van der Waals surface area contributed by atoms with Crippen molar-refractivity contribution < 1.29 is 5.11 Å². The normalized spacial score (nSPS) is 18.1. The van der Waals surface area contributed by atoms with E-state index in [9.17, 15) is 0 Å². The number of piperidine rings is 1. The maximum absolute atomic E-state index is 9.06. The molecule has 21 heavy (non-hydrogen) atoms. The first-order valence-corrected chi connectivity index (χ1v) is 8.21. The summed E-state index contributed by atoms with van der Waals surface area (Å²) in [7, 11) is 0. The van der Waals surface area contributed by atoms with E-state index in [1.807, 2.05) is 11.6 Å². The molecule has 2 rings (SSSR count). The fraction of sp³-hybridized carbons (Fsp3) is 0.812. The highest BCUT2D eigenvalue weighted by atomic mass is 16.3. The van der Waals surface area contributed by atoms with E-state index in [0.29, 0.717) is 12.6 Å². The van der Waals surface area contributed by atoms with Gasteiger partial charge in [0.25, 0.3) is 0 Å². The van der Waals surface area contributed by atoms with Crippen LogP contribution >= 0.6 is 0 Å². The quantitative estimate of drug-likeness (QED) is 0.799. The zero-order chi connectivity index (χ0) is 15.2. The first kappa shape index (κ1) is 16.5. The van der Waals surface area contributed by atoms with Crippen LogP contribution in [-0.2, 0) is 13.1 Å². The average Bonchev–Trinajstić information content (AvgIpc) is 2.73. The molecule has 2 N–H and O–H groups in total. The van der Waals surface area contributed by atoms with E-state index < -0.39 is 0 Å². The molecule has 1 aliphatic heterocycles. The molecule has 1 fully saturated rings. The van der Waals surface area contributed by atoms with E-state index >= 15 is 0 Å². The molecule has 1 saturated heterocycles. The van der Waals surface area contributed by atoms with Crippen molar-refractivity contribution in [2.75, 3.05) is 26.2 Å². The summed E-state index contributed by atoms with van der Waals surface area (Å²) in [4.78, 5) is 2.57. The Morgan fingerprint density at radius 2 is 1.95 bits per heavy atom. The first-order valence-electron chi connectivity index (χ1n) is 8.21. The lowest BCUT2D eigenvalue weighted by atomic mass is 10.1. The molecule has 5 nitrogen and oxygen atoms in total. The van der Waals surface area contributed by atoms with E-state index in [1.165, 1.54) is 43.6 Å². The fourth-order valence-electron chi connectivity index (χ4n) is 3.17. The van der Waals surface area contributed by atoms with Gasteiger partial charge in [0.15, 0.2) is 0 Å². The molecule has 1 unspecified atom stereocenters. The highest BCUT2D eigenvalue weighted by Crippen LogP contribution is 2.13. The van der Waals surface area contributed by atoms with Crippen molar-refractivity contribution in [3.63, 3.8) is 0 Å². The summed E-state index contributed by atoms with van der Waals surface area (Å²) >= 11 is 0. The Hall–Kier alpha value is -0.910. The third-order valence-corrected chi connectivity index (χ3v) is 4.45. The number of aromatic nitrogens is 2. The maximum Gasteiger partial charge on any atom is 0.0644 e. The summed E-state index contributed by atoms with van der Waals surface area (Å²) in [6, 6.07) is 0.489. The number of aliphatic hydroxyl groups is 1. The van der Waals surface area contributed by atoms with E-state index in [-0.39, 0.29) is 6.61 Å². The third-order valence-electron chi connectivity index (χ3n) is 4.45. The lowest BCUT2D eigenvalue weighted by Crippen LogP contribution is -2.41. The Morgan fingerprint density at radius 1 is 1.24 bits per heavy atom. The molecule has 0 amide bonds. The molecule has 1 aromatic heterocycles. The second-order valence-electron chi connectivity index (χ2n) is 6.24. The van der Waals surface area contributed by atoms with Crippen molar-refractivity contribution >= 4 is 0 Å². The molecule has 0 radical (unpaired) electrons. The average molecular weight is 294 g/mol. The minimum absolute atomic E-state index is 0.139. The second kappa shape index (κ2) is 7.92. The summed E-state index contributed by atoms with van der Waals surface area (Å²) in [5, 5.41) is 17.2. The molecular weight excluding hydrogens is 264 g/mol. The number of nitrogens with zero attached hydrogens (tertiary/aromatic N) is 3. The Labute approximate surface area is 128 Å². The van der Waals surface area contributed by atoms with Crippen LogP contribution in [0.15, 0.2) is 0 Å². The van der Waals surface area contributed by atoms with Crippen molar-refractivity contribution in [1.29, 1.82) is 0 Å². The Kier molecular flexibility index (Phi) is 6.21. The molecule has 120 valence electrons. The van der Waals surface area contributed by atoms with Crippen LogP contribution in [0.3, 0.4) is 0 Å². The van der Waals surface area contributed by atoms with Gasteiger partial charge in [-0.1, -0.05) is 6.42 Å². The molecular formula is C16H30N4O. The van der Waals surface area contributed by atoms with Crippen LogP contribution in [0.5, 0.6) is 0 Å². The number of aryl methyl sites for hydroxylation is 1. The third kappa shape index (κ3) is 4.53. The fourth-order valence-corrected chi connectivity index (χ4v) is 3.17. The second-order valence-corrected chi connectivity index (χ2v) is 6.24. The molecule has 0 bridgehead atoms. The van der Waals surface area contributed by atoms with Gasteiger partial charge in [0.1, 0.15) is 0 Å². The van der Waals surface area contributed by atoms with E-state index in [1.54, 1.807) is 0 Å². The zero-order valence-corrected chi connectivity index (χ0v) is 13.7. The van der Waals surface area contributed by atoms with Crippen molar-refractivity contribution in [3.05, 3.63) is 17.0 Å². The van der Waals surface area contributed by atoms with Crippen LogP contribution < -0.4 is 5.32 Å². The number of likely N-dealkylation sites (tertiary alicyclic amines) is 1. The van der Waals surface area contributed by atoms with Gasteiger partial charge in [-0.05, 0) is 46.7 Å². The molecule has 2 heterocycles. The van der Waals surface area contributed by atoms with Crippen molar-refractivity contribution in [3.8, 4) is 0 Å². The first-order chi connectivity index (χ1) is 10.1. The van der Waals surface area contributed by atoms with Gasteiger partial charge in [0, 0.05) is 30.4 Å². The number of aliphatic hydroxyl groups excluding tert-OH is 1. The van der Waals surface area contributed by atoms with Gasteiger partial charge >= 0.3 is 0 Å². The highest BCUT2D eigenvalue weighted by Gasteiger charge is 2.15. The van der Waals surface area contributed by atoms with E-state index in [4.69, 9.17) is 5.11 Å². The predicted molar refractivity (Wildman–Crippen MR) is 85.4 cm³/mol. The molecule has 1 aromatic rings. The van der Waals surface area contributed by atoms with Crippen molar-refractivity contribution in [1.82, 2.24) is 20.0 Å². The predicted octanol–water partition coefficient (Wildman–Crippen LogP) is 1.46. The van der Waals surface area contributed by atoms with E-state index in [0.717, 1.165) is 18.8 Å². The standard InChI is InChI=1S/C16H30N4O/c1-13(12-19-7-5-4-6-8-19)17-11-16-14(2)18-20(9-10-21)15(16)3/h13,17,21H,4-12H2,1-3H3. The molecule has 0 aromatic carbocycles. The number of rotatable bonds is 7. The summed E-state index contributed by atoms with van der Waals surface area (Å²) in [6.45, 7) is 11.6. The Morgan fingerprint density at radius 3 is 2.62 bits per heavy atom. The summed E-state index contributed by atoms with van der Waals surface area (Å²) < 4.78 is 1.90. The highest BCUT2D eigenvalue weighted by molar-refractivity contribution is 5.24. The van der Waals surface area contributed by atoms with Gasteiger partial charge < -0.3 is 15.3 Å². The summed E-state index contributed by atoms with van der Waals surface area (Å²) in [5.74, 6) is 0. The minimum Gasteiger partial charge on any atom is -0.394 e. The molecule has 5 heteroatoms. The van der Waals surface area contributed by atoms with Crippen LogP contribution in [0.1, 0.15) is 43.1 Å². The molecule has 0 aliphatic carbocycles. The van der Waals surface area contributed by atoms with Crippen LogP contribution in [0.4, 0.5) is 0 Å². The Balaban J connectivity index is 1.84. The molecule has 1 atom stereocenters. The summed E-state index contributed by atoms with van der Waals surface area (Å²) in [5.41, 5.74) is 3.51. The number of hydrogen-bond donors (Lipinski definition) is 2. The van der Waals surface area contributed by atoms with Crippen LogP contribution in [-0.4, -0.2) is 52.1 Å². The Bertz CT molecular complexity index is 438. The maximum atomic E-state index is 9.06. The minimum atomic E-state index is 0.139. The topological polar surface area (TPSA) is 53.3 Å². The van der Waals surface area contributed by atoms with Gasteiger partial charge in [-0.25, -0.2) is 0 Å². The summed E-state index contributed by atoms with van der Waals surface area (Å²) in [6.07, 6.45) is 4.08. The SMILES string of the molecule is Cc1nn(CCO)c(C)c1CNC(C)CN1CCCCC1. The van der Waals surface area contributed by atoms with Gasteiger partial charge in [0.2, 0.25) is 0 Å². The van der Waals surface area contributed by atoms with Crippen LogP contribution in [0.2, 0.25) is 0 Å². The zero-order valence-electron chi connectivity index (χ0n) is 13.7. The van der Waals surface area contributed by atoms with Crippen LogP contribution in [0, 0.1) is 13.8 Å². The number of nitrogens with one attached hydrogen (secondary N) is 1.